The molecule has 1 unspecified atom stereocenters. The van der Waals surface area contributed by atoms with E-state index in [2.05, 4.69) is 10.3 Å². The molecule has 0 bridgehead atoms. The van der Waals surface area contributed by atoms with Gasteiger partial charge in [-0.2, -0.15) is 10.2 Å². The van der Waals surface area contributed by atoms with E-state index in [0.717, 1.165) is 17.2 Å². The Hall–Kier alpha value is -3.97. The monoisotopic (exact) mass is 478 g/mol. The lowest BCUT2D eigenvalue weighted by molar-refractivity contribution is -0.117. The third kappa shape index (κ3) is 4.84. The number of amides is 1. The van der Waals surface area contributed by atoms with Crippen molar-refractivity contribution in [2.75, 3.05) is 11.5 Å². The number of hydrogen-bond acceptors (Lipinski definition) is 7. The molecular formula is C24H22N4O5S. The first-order chi connectivity index (χ1) is 16.2. The van der Waals surface area contributed by atoms with Crippen molar-refractivity contribution in [3.8, 4) is 17.7 Å². The minimum Gasteiger partial charge on any atom is -0.438 e. The predicted molar refractivity (Wildman–Crippen MR) is 126 cm³/mol. The van der Waals surface area contributed by atoms with E-state index >= 15 is 0 Å². The molecule has 9 nitrogen and oxygen atoms in total. The first kappa shape index (κ1) is 23.2. The van der Waals surface area contributed by atoms with Crippen molar-refractivity contribution < 1.29 is 17.9 Å². The van der Waals surface area contributed by atoms with Gasteiger partial charge >= 0.3 is 0 Å². The van der Waals surface area contributed by atoms with E-state index in [9.17, 15) is 23.3 Å². The molecule has 1 aliphatic rings. The Morgan fingerprint density at radius 3 is 2.76 bits per heavy atom. The van der Waals surface area contributed by atoms with Crippen LogP contribution in [0.4, 0.5) is 0 Å². The number of nitriles is 1. The van der Waals surface area contributed by atoms with Gasteiger partial charge in [0.25, 0.3) is 11.5 Å². The first-order valence-corrected chi connectivity index (χ1v) is 12.4. The van der Waals surface area contributed by atoms with E-state index in [-0.39, 0.29) is 34.9 Å². The van der Waals surface area contributed by atoms with Crippen LogP contribution in [0.3, 0.4) is 0 Å². The van der Waals surface area contributed by atoms with Crippen molar-refractivity contribution in [1.82, 2.24) is 14.7 Å². The summed E-state index contributed by atoms with van der Waals surface area (Å²) in [7, 11) is -3.21. The third-order valence-electron chi connectivity index (χ3n) is 5.47. The minimum atomic E-state index is -3.21. The molecule has 1 fully saturated rings. The van der Waals surface area contributed by atoms with E-state index < -0.39 is 27.3 Å². The van der Waals surface area contributed by atoms with Crippen molar-refractivity contribution in [3.05, 3.63) is 75.2 Å². The van der Waals surface area contributed by atoms with Crippen molar-refractivity contribution in [3.63, 3.8) is 0 Å². The summed E-state index contributed by atoms with van der Waals surface area (Å²) in [6, 6.07) is 11.9. The summed E-state index contributed by atoms with van der Waals surface area (Å²) in [6.07, 6.45) is 2.95. The summed E-state index contributed by atoms with van der Waals surface area (Å²) < 4.78 is 30.6. The summed E-state index contributed by atoms with van der Waals surface area (Å²) in [5.74, 6) is -0.571. The Labute approximate surface area is 196 Å². The molecule has 1 saturated heterocycles. The molecule has 0 radical (unpaired) electrons. The van der Waals surface area contributed by atoms with E-state index in [1.54, 1.807) is 49.5 Å². The Bertz CT molecular complexity index is 1530. The lowest BCUT2D eigenvalue weighted by Crippen LogP contribution is -2.36. The van der Waals surface area contributed by atoms with Gasteiger partial charge in [-0.05, 0) is 55.7 Å². The molecule has 4 rings (SSSR count). The van der Waals surface area contributed by atoms with Crippen molar-refractivity contribution >= 4 is 27.5 Å². The SMILES string of the molecule is Cc1cccc(Oc2nc3c(C)cccn3c(=O)c2C=C(C#N)C(=O)NC2CCS(=O)(=O)C2)c1. The number of sulfone groups is 1. The largest absolute Gasteiger partial charge is 0.438 e. The molecule has 0 spiro atoms. The number of hydrogen-bond donors (Lipinski definition) is 1. The first-order valence-electron chi connectivity index (χ1n) is 10.6. The second-order valence-electron chi connectivity index (χ2n) is 8.18. The lowest BCUT2D eigenvalue weighted by atomic mass is 10.1. The van der Waals surface area contributed by atoms with Gasteiger partial charge in [-0.1, -0.05) is 18.2 Å². The molecule has 2 aromatic heterocycles. The highest BCUT2D eigenvalue weighted by molar-refractivity contribution is 7.91. The Balaban J connectivity index is 1.79. The van der Waals surface area contributed by atoms with Gasteiger partial charge in [0, 0.05) is 12.2 Å². The predicted octanol–water partition coefficient (Wildman–Crippen LogP) is 2.31. The van der Waals surface area contributed by atoms with Crippen molar-refractivity contribution in [1.29, 1.82) is 5.26 Å². The molecule has 1 aromatic carbocycles. The van der Waals surface area contributed by atoms with Crippen LogP contribution in [0, 0.1) is 25.2 Å². The highest BCUT2D eigenvalue weighted by Gasteiger charge is 2.30. The summed E-state index contributed by atoms with van der Waals surface area (Å²) in [4.78, 5) is 30.6. The molecule has 34 heavy (non-hydrogen) atoms. The van der Waals surface area contributed by atoms with Crippen LogP contribution >= 0.6 is 0 Å². The molecule has 1 amide bonds. The van der Waals surface area contributed by atoms with Gasteiger partial charge in [-0.3, -0.25) is 14.0 Å². The maximum atomic E-state index is 13.3. The molecular weight excluding hydrogens is 456 g/mol. The van der Waals surface area contributed by atoms with Crippen LogP contribution in [0.15, 0.2) is 53.0 Å². The number of fused-ring (bicyclic) bond motifs is 1. The van der Waals surface area contributed by atoms with Crippen LogP contribution < -0.4 is 15.6 Å². The number of ether oxygens (including phenoxy) is 1. The Kier molecular flexibility index (Phi) is 6.22. The average molecular weight is 479 g/mol. The fourth-order valence-electron chi connectivity index (χ4n) is 3.75. The topological polar surface area (TPSA) is 131 Å². The van der Waals surface area contributed by atoms with Gasteiger partial charge < -0.3 is 10.1 Å². The number of carbonyl (C=O) groups excluding carboxylic acids is 1. The van der Waals surface area contributed by atoms with E-state index in [0.29, 0.717) is 11.4 Å². The van der Waals surface area contributed by atoms with Crippen LogP contribution in [-0.4, -0.2) is 41.3 Å². The van der Waals surface area contributed by atoms with Crippen LogP contribution in [0.2, 0.25) is 0 Å². The fourth-order valence-corrected chi connectivity index (χ4v) is 5.42. The lowest BCUT2D eigenvalue weighted by Gasteiger charge is -2.13. The Morgan fingerprint density at radius 2 is 2.09 bits per heavy atom. The average Bonchev–Trinajstić information content (AvgIpc) is 3.12. The molecule has 3 heterocycles. The fraction of sp³-hybridized carbons (Fsp3) is 0.250. The number of aromatic nitrogens is 2. The minimum absolute atomic E-state index is 0.0205. The Morgan fingerprint density at radius 1 is 1.29 bits per heavy atom. The summed E-state index contributed by atoms with van der Waals surface area (Å²) >= 11 is 0. The molecule has 1 aliphatic heterocycles. The molecule has 1 atom stereocenters. The number of aryl methyl sites for hydroxylation is 2. The zero-order chi connectivity index (χ0) is 24.5. The van der Waals surface area contributed by atoms with Gasteiger partial charge in [-0.25, -0.2) is 8.42 Å². The van der Waals surface area contributed by atoms with Gasteiger partial charge in [0.2, 0.25) is 5.88 Å². The molecule has 174 valence electrons. The van der Waals surface area contributed by atoms with Gasteiger partial charge in [0.15, 0.2) is 9.84 Å². The summed E-state index contributed by atoms with van der Waals surface area (Å²) in [6.45, 7) is 3.69. The smallest absolute Gasteiger partial charge is 0.269 e. The van der Waals surface area contributed by atoms with E-state index in [1.165, 1.54) is 4.40 Å². The highest BCUT2D eigenvalue weighted by atomic mass is 32.2. The quantitative estimate of drug-likeness (QED) is 0.440. The number of benzene rings is 1. The van der Waals surface area contributed by atoms with Gasteiger partial charge in [0.1, 0.15) is 28.6 Å². The number of nitrogens with one attached hydrogen (secondary N) is 1. The maximum Gasteiger partial charge on any atom is 0.269 e. The van der Waals surface area contributed by atoms with Gasteiger partial charge in [0.05, 0.1) is 11.5 Å². The third-order valence-corrected chi connectivity index (χ3v) is 7.24. The number of rotatable bonds is 5. The zero-order valence-electron chi connectivity index (χ0n) is 18.6. The van der Waals surface area contributed by atoms with Crippen LogP contribution in [-0.2, 0) is 14.6 Å². The molecule has 3 aromatic rings. The zero-order valence-corrected chi connectivity index (χ0v) is 19.4. The van der Waals surface area contributed by atoms with E-state index in [1.807, 2.05) is 13.0 Å². The summed E-state index contributed by atoms with van der Waals surface area (Å²) in [5, 5.41) is 12.2. The van der Waals surface area contributed by atoms with Crippen LogP contribution in [0.1, 0.15) is 23.1 Å². The number of carbonyl (C=O) groups is 1. The maximum absolute atomic E-state index is 13.3. The standard InChI is InChI=1S/C24H22N4O5S/c1-15-5-3-7-19(11-15)33-23-20(24(30)28-9-4-6-16(2)21(28)27-23)12-17(13-25)22(29)26-18-8-10-34(31,32)14-18/h3-7,9,11-12,18H,8,10,14H2,1-2H3,(H,26,29). The molecule has 10 heteroatoms. The molecule has 1 N–H and O–H groups in total. The van der Waals surface area contributed by atoms with Crippen molar-refractivity contribution in [2.45, 2.75) is 26.3 Å². The van der Waals surface area contributed by atoms with Crippen LogP contribution in [0.5, 0.6) is 11.6 Å². The van der Waals surface area contributed by atoms with Crippen molar-refractivity contribution in [2.24, 2.45) is 0 Å². The number of pyridine rings is 1. The molecule has 0 saturated carbocycles. The summed E-state index contributed by atoms with van der Waals surface area (Å²) in [5.41, 5.74) is 1.11. The number of nitrogens with zero attached hydrogens (tertiary/aromatic N) is 3. The highest BCUT2D eigenvalue weighted by Crippen LogP contribution is 2.25. The normalized spacial score (nSPS) is 17.3. The second kappa shape index (κ2) is 9.11. The second-order valence-corrected chi connectivity index (χ2v) is 10.4. The molecule has 0 aliphatic carbocycles. The van der Waals surface area contributed by atoms with Crippen LogP contribution in [0.25, 0.3) is 11.7 Å². The van der Waals surface area contributed by atoms with Gasteiger partial charge in [-0.15, -0.1) is 0 Å². The van der Waals surface area contributed by atoms with E-state index in [4.69, 9.17) is 4.74 Å².